The number of carbonyl (C=O) groups excluding carboxylic acids is 1. The molecule has 1 heterocycles. The van der Waals surface area contributed by atoms with Gasteiger partial charge in [0, 0.05) is 13.2 Å². The third-order valence-corrected chi connectivity index (χ3v) is 1.43. The highest BCUT2D eigenvalue weighted by Crippen LogP contribution is 2.10. The fourth-order valence-electron chi connectivity index (χ4n) is 0.807. The van der Waals surface area contributed by atoms with Crippen LogP contribution in [0.1, 0.15) is 11.8 Å². The van der Waals surface area contributed by atoms with Gasteiger partial charge in [-0.3, -0.25) is 0 Å². The van der Waals surface area contributed by atoms with Crippen LogP contribution in [0.15, 0.2) is 12.5 Å². The lowest BCUT2D eigenvalue weighted by Gasteiger charge is -2.03. The van der Waals surface area contributed by atoms with Gasteiger partial charge in [0.2, 0.25) is 0 Å². The van der Waals surface area contributed by atoms with E-state index in [9.17, 15) is 9.90 Å². The first-order valence-electron chi connectivity index (χ1n) is 3.39. The predicted octanol–water partition coefficient (Wildman–Crippen LogP) is -0.374. The molecule has 0 radical (unpaired) electrons. The number of carbonyl (C=O) groups is 1. The van der Waals surface area contributed by atoms with Crippen LogP contribution in [0.4, 0.5) is 0 Å². The Labute approximate surface area is 69.6 Å². The number of hydrogen-bond acceptors (Lipinski definition) is 4. The summed E-state index contributed by atoms with van der Waals surface area (Å²) in [5, 5.41) is 9.25. The second kappa shape index (κ2) is 3.36. The first kappa shape index (κ1) is 8.73. The van der Waals surface area contributed by atoms with Gasteiger partial charge in [0.25, 0.3) is 0 Å². The summed E-state index contributed by atoms with van der Waals surface area (Å²) in [5.41, 5.74) is 0.296. The van der Waals surface area contributed by atoms with E-state index in [1.807, 2.05) is 0 Å². The van der Waals surface area contributed by atoms with E-state index in [-0.39, 0.29) is 0 Å². The quantitative estimate of drug-likeness (QED) is 0.615. The lowest BCUT2D eigenvalue weighted by molar-refractivity contribution is -0.150. The smallest absolute Gasteiger partial charge is 0.341 e. The van der Waals surface area contributed by atoms with Crippen molar-refractivity contribution in [2.75, 3.05) is 7.11 Å². The molecule has 1 aromatic heterocycles. The standard InChI is InChI=1S/C7H10N2O3/c1-9-3-5(8-4-9)6(10)7(11)12-2/h3-4,6,10H,1-2H3. The van der Waals surface area contributed by atoms with Crippen LogP contribution in [-0.4, -0.2) is 27.7 Å². The number of hydrogen-bond donors (Lipinski definition) is 1. The summed E-state index contributed by atoms with van der Waals surface area (Å²) >= 11 is 0. The number of aryl methyl sites for hydroxylation is 1. The Morgan fingerprint density at radius 3 is 2.92 bits per heavy atom. The molecule has 0 fully saturated rings. The van der Waals surface area contributed by atoms with Crippen LogP contribution in [-0.2, 0) is 16.6 Å². The molecule has 1 rings (SSSR count). The maximum Gasteiger partial charge on any atom is 0.341 e. The number of methoxy groups -OCH3 is 1. The van der Waals surface area contributed by atoms with Crippen molar-refractivity contribution in [3.63, 3.8) is 0 Å². The van der Waals surface area contributed by atoms with Crippen molar-refractivity contribution in [3.05, 3.63) is 18.2 Å². The molecule has 0 saturated carbocycles. The van der Waals surface area contributed by atoms with E-state index in [2.05, 4.69) is 9.72 Å². The largest absolute Gasteiger partial charge is 0.467 e. The summed E-state index contributed by atoms with van der Waals surface area (Å²) in [5.74, 6) is -0.700. The number of ether oxygens (including phenoxy) is 1. The normalized spacial score (nSPS) is 12.6. The molecule has 5 heteroatoms. The highest BCUT2D eigenvalue weighted by atomic mass is 16.5. The maximum atomic E-state index is 10.8. The molecule has 0 aliphatic carbocycles. The third kappa shape index (κ3) is 1.62. The van der Waals surface area contributed by atoms with E-state index in [0.29, 0.717) is 5.69 Å². The van der Waals surface area contributed by atoms with E-state index < -0.39 is 12.1 Å². The van der Waals surface area contributed by atoms with Gasteiger partial charge in [-0.1, -0.05) is 0 Å². The van der Waals surface area contributed by atoms with Crippen molar-refractivity contribution >= 4 is 5.97 Å². The lowest BCUT2D eigenvalue weighted by atomic mass is 10.3. The minimum absolute atomic E-state index is 0.296. The van der Waals surface area contributed by atoms with Gasteiger partial charge in [0.15, 0.2) is 6.10 Å². The van der Waals surface area contributed by atoms with Gasteiger partial charge in [-0.25, -0.2) is 9.78 Å². The third-order valence-electron chi connectivity index (χ3n) is 1.43. The molecule has 0 saturated heterocycles. The number of aliphatic hydroxyl groups is 1. The monoisotopic (exact) mass is 170 g/mol. The van der Waals surface area contributed by atoms with E-state index >= 15 is 0 Å². The highest BCUT2D eigenvalue weighted by molar-refractivity contribution is 5.75. The van der Waals surface area contributed by atoms with E-state index in [1.54, 1.807) is 17.8 Å². The Morgan fingerprint density at radius 1 is 1.83 bits per heavy atom. The van der Waals surface area contributed by atoms with Crippen molar-refractivity contribution in [3.8, 4) is 0 Å². The summed E-state index contributed by atoms with van der Waals surface area (Å²) in [4.78, 5) is 14.6. The van der Waals surface area contributed by atoms with Crippen LogP contribution < -0.4 is 0 Å². The van der Waals surface area contributed by atoms with Gasteiger partial charge in [-0.15, -0.1) is 0 Å². The molecule has 1 unspecified atom stereocenters. The average Bonchev–Trinajstić information content (AvgIpc) is 2.49. The van der Waals surface area contributed by atoms with Gasteiger partial charge in [-0.05, 0) is 0 Å². The molecule has 0 aliphatic heterocycles. The van der Waals surface area contributed by atoms with Crippen LogP contribution >= 0.6 is 0 Å². The first-order chi connectivity index (χ1) is 5.65. The van der Waals surface area contributed by atoms with Crippen LogP contribution in [0, 0.1) is 0 Å². The number of aliphatic hydroxyl groups excluding tert-OH is 1. The van der Waals surface area contributed by atoms with Crippen LogP contribution in [0.25, 0.3) is 0 Å². The Balaban J connectivity index is 2.77. The molecule has 1 aromatic rings. The SMILES string of the molecule is COC(=O)C(O)c1cn(C)cn1. The van der Waals surface area contributed by atoms with Crippen molar-refractivity contribution in [2.24, 2.45) is 7.05 Å². The van der Waals surface area contributed by atoms with E-state index in [1.165, 1.54) is 13.4 Å². The fourth-order valence-corrected chi connectivity index (χ4v) is 0.807. The Hall–Kier alpha value is -1.36. The zero-order valence-corrected chi connectivity index (χ0v) is 6.89. The van der Waals surface area contributed by atoms with E-state index in [0.717, 1.165) is 0 Å². The minimum Gasteiger partial charge on any atom is -0.467 e. The predicted molar refractivity (Wildman–Crippen MR) is 40.2 cm³/mol. The average molecular weight is 170 g/mol. The molecule has 0 amide bonds. The number of aromatic nitrogens is 2. The van der Waals surface area contributed by atoms with Crippen molar-refractivity contribution < 1.29 is 14.6 Å². The Bertz CT molecular complexity index is 282. The Morgan fingerprint density at radius 2 is 2.50 bits per heavy atom. The second-order valence-electron chi connectivity index (χ2n) is 2.39. The van der Waals surface area contributed by atoms with Crippen molar-refractivity contribution in [2.45, 2.75) is 6.10 Å². The number of nitrogens with zero attached hydrogens (tertiary/aromatic N) is 2. The maximum absolute atomic E-state index is 10.8. The fraction of sp³-hybridized carbons (Fsp3) is 0.429. The summed E-state index contributed by atoms with van der Waals surface area (Å²) in [6.07, 6.45) is 1.78. The zero-order chi connectivity index (χ0) is 9.14. The summed E-state index contributed by atoms with van der Waals surface area (Å²) in [6, 6.07) is 0. The molecule has 0 bridgehead atoms. The topological polar surface area (TPSA) is 64.3 Å². The van der Waals surface area contributed by atoms with Gasteiger partial charge in [0.1, 0.15) is 0 Å². The zero-order valence-electron chi connectivity index (χ0n) is 6.89. The van der Waals surface area contributed by atoms with Crippen LogP contribution in [0.3, 0.4) is 0 Å². The summed E-state index contributed by atoms with van der Waals surface area (Å²) < 4.78 is 5.98. The molecule has 0 aromatic carbocycles. The molecule has 66 valence electrons. The molecule has 0 spiro atoms. The van der Waals surface area contributed by atoms with Gasteiger partial charge < -0.3 is 14.4 Å². The van der Waals surface area contributed by atoms with Crippen LogP contribution in [0.5, 0.6) is 0 Å². The minimum atomic E-state index is -1.28. The molecule has 1 atom stereocenters. The molecule has 1 N–H and O–H groups in total. The molecular formula is C7H10N2O3. The molecule has 0 aliphatic rings. The molecular weight excluding hydrogens is 160 g/mol. The van der Waals surface area contributed by atoms with Gasteiger partial charge in [0.05, 0.1) is 19.1 Å². The van der Waals surface area contributed by atoms with Gasteiger partial charge >= 0.3 is 5.97 Å². The van der Waals surface area contributed by atoms with Crippen molar-refractivity contribution in [1.82, 2.24) is 9.55 Å². The first-order valence-corrected chi connectivity index (χ1v) is 3.39. The van der Waals surface area contributed by atoms with Crippen LogP contribution in [0.2, 0.25) is 0 Å². The molecule has 12 heavy (non-hydrogen) atoms. The summed E-state index contributed by atoms with van der Waals surface area (Å²) in [6.45, 7) is 0. The number of esters is 1. The summed E-state index contributed by atoms with van der Waals surface area (Å²) in [7, 11) is 2.97. The Kier molecular flexibility index (Phi) is 2.44. The second-order valence-corrected chi connectivity index (χ2v) is 2.39. The van der Waals surface area contributed by atoms with E-state index in [4.69, 9.17) is 0 Å². The molecule has 5 nitrogen and oxygen atoms in total. The number of imidazole rings is 1. The number of rotatable bonds is 2. The van der Waals surface area contributed by atoms with Gasteiger partial charge in [-0.2, -0.15) is 0 Å². The highest BCUT2D eigenvalue weighted by Gasteiger charge is 2.19. The lowest BCUT2D eigenvalue weighted by Crippen LogP contribution is -2.13. The van der Waals surface area contributed by atoms with Crippen molar-refractivity contribution in [1.29, 1.82) is 0 Å².